The Kier molecular flexibility index (Phi) is 5.28. The Hall–Kier alpha value is -1.94. The maximum Gasteiger partial charge on any atom is 0.251 e. The minimum atomic E-state index is -0.397. The fraction of sp³-hybridized carbons (Fsp3) is 0.412. The van der Waals surface area contributed by atoms with E-state index in [1.807, 2.05) is 51.4 Å². The van der Waals surface area contributed by atoms with Gasteiger partial charge in [0.25, 0.3) is 5.91 Å². The number of fused-ring (bicyclic) bond motifs is 1. The second-order valence-corrected chi connectivity index (χ2v) is 5.22. The highest BCUT2D eigenvalue weighted by Gasteiger charge is 2.18. The van der Waals surface area contributed by atoms with Crippen LogP contribution >= 0.6 is 0 Å². The van der Waals surface area contributed by atoms with E-state index in [1.165, 1.54) is 0 Å². The van der Waals surface area contributed by atoms with Crippen molar-refractivity contribution in [2.45, 2.75) is 32.9 Å². The van der Waals surface area contributed by atoms with Gasteiger partial charge >= 0.3 is 0 Å². The number of benzene rings is 1. The van der Waals surface area contributed by atoms with Crippen LogP contribution in [-0.4, -0.2) is 35.5 Å². The lowest BCUT2D eigenvalue weighted by Crippen LogP contribution is -2.36. The molecule has 112 valence electrons. The molecule has 4 nitrogen and oxygen atoms in total. The molecule has 4 heteroatoms. The fourth-order valence-electron chi connectivity index (χ4n) is 2.34. The Bertz CT molecular complexity index is 607. The molecule has 1 heterocycles. The highest BCUT2D eigenvalue weighted by molar-refractivity contribution is 5.86. The lowest BCUT2D eigenvalue weighted by Gasteiger charge is -2.22. The van der Waals surface area contributed by atoms with Gasteiger partial charge < -0.3 is 9.64 Å². The topological polar surface area (TPSA) is 42.4 Å². The van der Waals surface area contributed by atoms with Crippen molar-refractivity contribution >= 4 is 16.7 Å². The third kappa shape index (κ3) is 3.79. The van der Waals surface area contributed by atoms with Crippen LogP contribution in [0.25, 0.3) is 10.8 Å². The van der Waals surface area contributed by atoms with E-state index in [2.05, 4.69) is 4.98 Å². The average Bonchev–Trinajstić information content (AvgIpc) is 2.52. The van der Waals surface area contributed by atoms with E-state index in [9.17, 15) is 4.79 Å². The molecule has 0 bridgehead atoms. The summed E-state index contributed by atoms with van der Waals surface area (Å²) in [5.74, 6) is 0.00880. The first-order chi connectivity index (χ1) is 10.1. The molecule has 0 spiro atoms. The van der Waals surface area contributed by atoms with Crippen LogP contribution in [0.3, 0.4) is 0 Å². The zero-order valence-electron chi connectivity index (χ0n) is 12.9. The van der Waals surface area contributed by atoms with E-state index in [-0.39, 0.29) is 5.91 Å². The van der Waals surface area contributed by atoms with Crippen molar-refractivity contribution < 1.29 is 9.53 Å². The van der Waals surface area contributed by atoms with Crippen molar-refractivity contribution in [2.24, 2.45) is 0 Å². The summed E-state index contributed by atoms with van der Waals surface area (Å²) >= 11 is 0. The Balaban J connectivity index is 2.11. The van der Waals surface area contributed by atoms with Crippen LogP contribution in [0.1, 0.15) is 25.8 Å². The molecule has 0 aliphatic rings. The second-order valence-electron chi connectivity index (χ2n) is 5.22. The lowest BCUT2D eigenvalue weighted by atomic mass is 10.1. The van der Waals surface area contributed by atoms with E-state index in [0.29, 0.717) is 13.2 Å². The van der Waals surface area contributed by atoms with Crippen LogP contribution in [0.2, 0.25) is 0 Å². The summed E-state index contributed by atoms with van der Waals surface area (Å²) in [7, 11) is 1.81. The monoisotopic (exact) mass is 286 g/mol. The Morgan fingerprint density at radius 1 is 1.38 bits per heavy atom. The smallest absolute Gasteiger partial charge is 0.251 e. The normalized spacial score (nSPS) is 12.3. The number of carbonyl (C=O) groups is 1. The summed E-state index contributed by atoms with van der Waals surface area (Å²) in [5.41, 5.74) is 1.12. The van der Waals surface area contributed by atoms with Gasteiger partial charge in [0.1, 0.15) is 6.10 Å². The van der Waals surface area contributed by atoms with Gasteiger partial charge in [-0.1, -0.05) is 25.1 Å². The molecular weight excluding hydrogens is 264 g/mol. The summed E-state index contributed by atoms with van der Waals surface area (Å²) in [6.45, 7) is 5.02. The zero-order chi connectivity index (χ0) is 15.2. The Morgan fingerprint density at radius 3 is 2.95 bits per heavy atom. The van der Waals surface area contributed by atoms with E-state index in [1.54, 1.807) is 11.1 Å². The van der Waals surface area contributed by atoms with Gasteiger partial charge in [0.05, 0.1) is 0 Å². The van der Waals surface area contributed by atoms with Crippen LogP contribution in [0.15, 0.2) is 36.7 Å². The van der Waals surface area contributed by atoms with E-state index in [0.717, 1.165) is 22.8 Å². The van der Waals surface area contributed by atoms with Crippen molar-refractivity contribution in [1.82, 2.24) is 9.88 Å². The Labute approximate surface area is 125 Å². The van der Waals surface area contributed by atoms with Crippen LogP contribution in [-0.2, 0) is 16.1 Å². The predicted molar refractivity (Wildman–Crippen MR) is 83.9 cm³/mol. The van der Waals surface area contributed by atoms with Crippen LogP contribution in [0.4, 0.5) is 0 Å². The molecule has 0 aliphatic heterocycles. The van der Waals surface area contributed by atoms with Crippen LogP contribution in [0.5, 0.6) is 0 Å². The second kappa shape index (κ2) is 7.18. The van der Waals surface area contributed by atoms with Gasteiger partial charge in [0, 0.05) is 38.0 Å². The highest BCUT2D eigenvalue weighted by Crippen LogP contribution is 2.19. The standard InChI is InChI=1S/C17H22N2O2/c1-4-10-21-13(2)17(20)19(3)12-15-7-5-6-14-11-18-9-8-16(14)15/h5-9,11,13H,4,10,12H2,1-3H3/t13-/m0/s1. The summed E-state index contributed by atoms with van der Waals surface area (Å²) in [6.07, 6.45) is 4.14. The SMILES string of the molecule is CCCO[C@@H](C)C(=O)N(C)Cc1cccc2cnccc12. The number of ether oxygens (including phenoxy) is 1. The van der Waals surface area contributed by atoms with Gasteiger partial charge in [0.15, 0.2) is 0 Å². The first-order valence-electron chi connectivity index (χ1n) is 7.31. The first kappa shape index (κ1) is 15.4. The lowest BCUT2D eigenvalue weighted by molar-refractivity contribution is -0.141. The molecular formula is C17H22N2O2. The molecule has 1 aromatic heterocycles. The minimum absolute atomic E-state index is 0.00880. The molecule has 21 heavy (non-hydrogen) atoms. The molecule has 0 radical (unpaired) electrons. The predicted octanol–water partition coefficient (Wildman–Crippen LogP) is 3.01. The first-order valence-corrected chi connectivity index (χ1v) is 7.31. The molecule has 0 saturated carbocycles. The largest absolute Gasteiger partial charge is 0.369 e. The number of nitrogens with zero attached hydrogens (tertiary/aromatic N) is 2. The van der Waals surface area contributed by atoms with Crippen LogP contribution < -0.4 is 0 Å². The van der Waals surface area contributed by atoms with E-state index < -0.39 is 6.10 Å². The van der Waals surface area contributed by atoms with Crippen molar-refractivity contribution in [3.63, 3.8) is 0 Å². The molecule has 0 unspecified atom stereocenters. The minimum Gasteiger partial charge on any atom is -0.369 e. The molecule has 2 rings (SSSR count). The number of aromatic nitrogens is 1. The molecule has 0 fully saturated rings. The van der Waals surface area contributed by atoms with E-state index in [4.69, 9.17) is 4.74 Å². The van der Waals surface area contributed by atoms with Crippen molar-refractivity contribution in [3.05, 3.63) is 42.2 Å². The third-order valence-electron chi connectivity index (χ3n) is 3.47. The summed E-state index contributed by atoms with van der Waals surface area (Å²) in [5, 5.41) is 2.22. The van der Waals surface area contributed by atoms with Crippen molar-refractivity contribution in [3.8, 4) is 0 Å². The number of pyridine rings is 1. The van der Waals surface area contributed by atoms with Gasteiger partial charge in [-0.05, 0) is 30.4 Å². The number of amides is 1. The van der Waals surface area contributed by atoms with Gasteiger partial charge in [-0.25, -0.2) is 0 Å². The van der Waals surface area contributed by atoms with Crippen LogP contribution in [0, 0.1) is 0 Å². The number of rotatable bonds is 6. The third-order valence-corrected chi connectivity index (χ3v) is 3.47. The molecule has 0 saturated heterocycles. The Morgan fingerprint density at radius 2 is 2.19 bits per heavy atom. The molecule has 0 N–H and O–H groups in total. The van der Waals surface area contributed by atoms with Crippen molar-refractivity contribution in [1.29, 1.82) is 0 Å². The molecule has 0 aliphatic carbocycles. The number of likely N-dealkylation sites (N-methyl/N-ethyl adjacent to an activating group) is 1. The van der Waals surface area contributed by atoms with Gasteiger partial charge in [0.2, 0.25) is 0 Å². The molecule has 1 aromatic carbocycles. The van der Waals surface area contributed by atoms with Crippen molar-refractivity contribution in [2.75, 3.05) is 13.7 Å². The molecule has 1 atom stereocenters. The van der Waals surface area contributed by atoms with Gasteiger partial charge in [-0.2, -0.15) is 0 Å². The summed E-state index contributed by atoms with van der Waals surface area (Å²) < 4.78 is 5.50. The number of hydrogen-bond acceptors (Lipinski definition) is 3. The maximum atomic E-state index is 12.3. The number of hydrogen-bond donors (Lipinski definition) is 0. The zero-order valence-corrected chi connectivity index (χ0v) is 12.9. The quantitative estimate of drug-likeness (QED) is 0.820. The molecule has 2 aromatic rings. The summed E-state index contributed by atoms with van der Waals surface area (Å²) in [6, 6.07) is 8.05. The average molecular weight is 286 g/mol. The van der Waals surface area contributed by atoms with Gasteiger partial charge in [-0.3, -0.25) is 9.78 Å². The summed E-state index contributed by atoms with van der Waals surface area (Å²) in [4.78, 5) is 18.1. The van der Waals surface area contributed by atoms with Gasteiger partial charge in [-0.15, -0.1) is 0 Å². The number of carbonyl (C=O) groups excluding carboxylic acids is 1. The highest BCUT2D eigenvalue weighted by atomic mass is 16.5. The molecule has 1 amide bonds. The fourth-order valence-corrected chi connectivity index (χ4v) is 2.34. The van der Waals surface area contributed by atoms with E-state index >= 15 is 0 Å². The maximum absolute atomic E-state index is 12.3.